The van der Waals surface area contributed by atoms with Gasteiger partial charge in [-0.05, 0) is 18.2 Å². The highest BCUT2D eigenvalue weighted by molar-refractivity contribution is 6.21. The predicted octanol–water partition coefficient (Wildman–Crippen LogP) is -0.261. The number of benzene rings is 1. The minimum Gasteiger partial charge on any atom is -0.399 e. The summed E-state index contributed by atoms with van der Waals surface area (Å²) in [6, 6.07) is 4.50. The zero-order valence-electron chi connectivity index (χ0n) is 6.65. The van der Waals surface area contributed by atoms with Crippen LogP contribution in [0.15, 0.2) is 18.2 Å². The van der Waals surface area contributed by atoms with Gasteiger partial charge in [-0.1, -0.05) is 0 Å². The van der Waals surface area contributed by atoms with Crippen molar-refractivity contribution in [1.82, 2.24) is 5.01 Å². The second-order valence-electron chi connectivity index (χ2n) is 2.79. The van der Waals surface area contributed by atoms with Crippen molar-refractivity contribution < 1.29 is 9.59 Å². The smallest absolute Gasteiger partial charge is 0.276 e. The largest absolute Gasteiger partial charge is 0.399 e. The van der Waals surface area contributed by atoms with Crippen LogP contribution in [0.5, 0.6) is 0 Å². The number of hydrogen-bond acceptors (Lipinski definition) is 4. The lowest BCUT2D eigenvalue weighted by atomic mass is 10.1. The first kappa shape index (κ1) is 7.75. The Labute approximate surface area is 73.9 Å². The maximum absolute atomic E-state index is 11.3. The molecule has 0 radical (unpaired) electrons. The molecule has 0 spiro atoms. The van der Waals surface area contributed by atoms with E-state index in [2.05, 4.69) is 0 Å². The molecule has 1 aliphatic heterocycles. The number of nitrogens with two attached hydrogens (primary N) is 2. The van der Waals surface area contributed by atoms with E-state index >= 15 is 0 Å². The summed E-state index contributed by atoms with van der Waals surface area (Å²) < 4.78 is 0. The van der Waals surface area contributed by atoms with Crippen LogP contribution in [-0.4, -0.2) is 16.8 Å². The molecule has 1 aromatic rings. The maximum atomic E-state index is 11.3. The van der Waals surface area contributed by atoms with Gasteiger partial charge in [-0.25, -0.2) is 10.9 Å². The number of nitrogen functional groups attached to an aromatic ring is 1. The first-order chi connectivity index (χ1) is 6.11. The number of imide groups is 1. The van der Waals surface area contributed by atoms with Gasteiger partial charge in [-0.3, -0.25) is 9.59 Å². The Morgan fingerprint density at radius 2 is 1.69 bits per heavy atom. The topological polar surface area (TPSA) is 89.4 Å². The highest BCUT2D eigenvalue weighted by Gasteiger charge is 2.33. The van der Waals surface area contributed by atoms with E-state index in [-0.39, 0.29) is 5.56 Å². The van der Waals surface area contributed by atoms with Crippen LogP contribution in [0.1, 0.15) is 20.7 Å². The molecule has 0 atom stereocenters. The standard InChI is InChI=1S/C8H7N3O2/c9-4-1-2-5-6(3-4)8(13)11(10)7(5)12/h1-3H,9-10H2. The van der Waals surface area contributed by atoms with Crippen molar-refractivity contribution in [2.45, 2.75) is 0 Å². The Hall–Kier alpha value is -1.88. The molecule has 2 rings (SSSR count). The molecule has 4 N–H and O–H groups in total. The highest BCUT2D eigenvalue weighted by Crippen LogP contribution is 2.22. The molecule has 1 heterocycles. The predicted molar refractivity (Wildman–Crippen MR) is 45.5 cm³/mol. The molecule has 2 amide bonds. The molecule has 5 nitrogen and oxygen atoms in total. The molecule has 0 aromatic heterocycles. The lowest BCUT2D eigenvalue weighted by Crippen LogP contribution is -2.36. The molecule has 0 saturated carbocycles. The average molecular weight is 177 g/mol. The second-order valence-corrected chi connectivity index (χ2v) is 2.79. The molecule has 0 bridgehead atoms. The van der Waals surface area contributed by atoms with Crippen LogP contribution in [0.2, 0.25) is 0 Å². The summed E-state index contributed by atoms with van der Waals surface area (Å²) in [5, 5.41) is 0.587. The van der Waals surface area contributed by atoms with Gasteiger partial charge in [0, 0.05) is 5.69 Å². The van der Waals surface area contributed by atoms with E-state index in [1.54, 1.807) is 6.07 Å². The SMILES string of the molecule is Nc1ccc2c(c1)C(=O)N(N)C2=O. The van der Waals surface area contributed by atoms with Crippen molar-refractivity contribution in [3.63, 3.8) is 0 Å². The Morgan fingerprint density at radius 1 is 1.08 bits per heavy atom. The van der Waals surface area contributed by atoms with Gasteiger partial charge in [0.15, 0.2) is 0 Å². The fraction of sp³-hybridized carbons (Fsp3) is 0. The summed E-state index contributed by atoms with van der Waals surface area (Å²) in [4.78, 5) is 22.5. The average Bonchev–Trinajstić information content (AvgIpc) is 2.32. The summed E-state index contributed by atoms with van der Waals surface area (Å²) in [5.74, 6) is 4.22. The number of amides is 2. The van der Waals surface area contributed by atoms with Gasteiger partial charge in [0.25, 0.3) is 11.8 Å². The van der Waals surface area contributed by atoms with E-state index < -0.39 is 11.8 Å². The molecule has 66 valence electrons. The van der Waals surface area contributed by atoms with Crippen molar-refractivity contribution in [1.29, 1.82) is 0 Å². The maximum Gasteiger partial charge on any atom is 0.276 e. The van der Waals surface area contributed by atoms with Gasteiger partial charge in [-0.15, -0.1) is 0 Å². The van der Waals surface area contributed by atoms with Crippen LogP contribution in [-0.2, 0) is 0 Å². The quantitative estimate of drug-likeness (QED) is 0.247. The number of carbonyl (C=O) groups is 2. The summed E-state index contributed by atoms with van der Waals surface area (Å²) >= 11 is 0. The molecule has 1 aromatic carbocycles. The monoisotopic (exact) mass is 177 g/mol. The van der Waals surface area contributed by atoms with Crippen molar-refractivity contribution in [3.8, 4) is 0 Å². The van der Waals surface area contributed by atoms with E-state index in [1.807, 2.05) is 0 Å². The Kier molecular flexibility index (Phi) is 1.37. The summed E-state index contributed by atoms with van der Waals surface area (Å²) in [6.07, 6.45) is 0. The minimum atomic E-state index is -0.507. The zero-order valence-corrected chi connectivity index (χ0v) is 6.65. The van der Waals surface area contributed by atoms with Gasteiger partial charge in [0.1, 0.15) is 0 Å². The third-order valence-corrected chi connectivity index (χ3v) is 1.94. The third kappa shape index (κ3) is 0.907. The Balaban J connectivity index is 2.67. The van der Waals surface area contributed by atoms with Crippen molar-refractivity contribution in [2.24, 2.45) is 5.84 Å². The van der Waals surface area contributed by atoms with E-state index in [0.29, 0.717) is 16.3 Å². The molecular formula is C8H7N3O2. The second kappa shape index (κ2) is 2.30. The van der Waals surface area contributed by atoms with Crippen molar-refractivity contribution in [3.05, 3.63) is 29.3 Å². The third-order valence-electron chi connectivity index (χ3n) is 1.94. The summed E-state index contributed by atoms with van der Waals surface area (Å²) in [5.41, 5.74) is 6.48. The Bertz CT molecular complexity index is 414. The van der Waals surface area contributed by atoms with Gasteiger partial charge >= 0.3 is 0 Å². The molecular weight excluding hydrogens is 170 g/mol. The molecule has 0 saturated heterocycles. The van der Waals surface area contributed by atoms with Gasteiger partial charge in [-0.2, -0.15) is 0 Å². The normalized spacial score (nSPS) is 15.0. The van der Waals surface area contributed by atoms with E-state index in [1.165, 1.54) is 12.1 Å². The summed E-state index contributed by atoms with van der Waals surface area (Å²) in [6.45, 7) is 0. The first-order valence-corrected chi connectivity index (χ1v) is 3.64. The number of hydrogen-bond donors (Lipinski definition) is 2. The number of nitrogens with zero attached hydrogens (tertiary/aromatic N) is 1. The molecule has 5 heteroatoms. The van der Waals surface area contributed by atoms with Gasteiger partial charge < -0.3 is 5.73 Å². The molecule has 13 heavy (non-hydrogen) atoms. The van der Waals surface area contributed by atoms with E-state index in [9.17, 15) is 9.59 Å². The highest BCUT2D eigenvalue weighted by atomic mass is 16.2. The lowest BCUT2D eigenvalue weighted by Gasteiger charge is -2.01. The van der Waals surface area contributed by atoms with Crippen LogP contribution >= 0.6 is 0 Å². The number of fused-ring (bicyclic) bond motifs is 1. The fourth-order valence-electron chi connectivity index (χ4n) is 1.28. The number of anilines is 1. The van der Waals surface area contributed by atoms with Crippen molar-refractivity contribution >= 4 is 17.5 Å². The number of rotatable bonds is 0. The first-order valence-electron chi connectivity index (χ1n) is 3.64. The molecule has 1 aliphatic rings. The van der Waals surface area contributed by atoms with Crippen LogP contribution in [0.4, 0.5) is 5.69 Å². The minimum absolute atomic E-state index is 0.271. The molecule has 0 fully saturated rings. The Morgan fingerprint density at radius 3 is 2.38 bits per heavy atom. The van der Waals surface area contributed by atoms with Crippen molar-refractivity contribution in [2.75, 3.05) is 5.73 Å². The van der Waals surface area contributed by atoms with Crippen LogP contribution in [0, 0.1) is 0 Å². The fourth-order valence-corrected chi connectivity index (χ4v) is 1.28. The number of hydrazine groups is 1. The van der Waals surface area contributed by atoms with Crippen LogP contribution < -0.4 is 11.6 Å². The number of carbonyl (C=O) groups excluding carboxylic acids is 2. The van der Waals surface area contributed by atoms with Crippen LogP contribution in [0.25, 0.3) is 0 Å². The van der Waals surface area contributed by atoms with E-state index in [4.69, 9.17) is 11.6 Å². The lowest BCUT2D eigenvalue weighted by molar-refractivity contribution is 0.0654. The zero-order chi connectivity index (χ0) is 9.59. The van der Waals surface area contributed by atoms with Gasteiger partial charge in [0.05, 0.1) is 11.1 Å². The molecule has 0 unspecified atom stereocenters. The van der Waals surface area contributed by atoms with Gasteiger partial charge in [0.2, 0.25) is 0 Å². The summed E-state index contributed by atoms with van der Waals surface area (Å²) in [7, 11) is 0. The van der Waals surface area contributed by atoms with E-state index in [0.717, 1.165) is 0 Å². The van der Waals surface area contributed by atoms with Crippen LogP contribution in [0.3, 0.4) is 0 Å². The molecule has 0 aliphatic carbocycles.